The fourth-order valence-corrected chi connectivity index (χ4v) is 11.9. The smallest absolute Gasteiger partial charge is 0.186 e. The highest BCUT2D eigenvalue weighted by molar-refractivity contribution is 4.95. The molecule has 4 fully saturated rings. The van der Waals surface area contributed by atoms with E-state index in [9.17, 15) is 81.7 Å². The Morgan fingerprint density at radius 3 is 0.651 bits per heavy atom. The minimum absolute atomic E-state index is 0.208. The van der Waals surface area contributed by atoms with E-state index < -0.39 is 160 Å². The third kappa shape index (κ3) is 23.4. The Labute approximate surface area is 491 Å². The van der Waals surface area contributed by atoms with Crippen molar-refractivity contribution < 1.29 is 120 Å². The predicted octanol–water partition coefficient (Wildman–Crippen LogP) is 0.798. The van der Waals surface area contributed by atoms with Crippen LogP contribution in [0, 0.1) is 10.8 Å². The summed E-state index contributed by atoms with van der Waals surface area (Å²) in [7, 11) is 0. The summed E-state index contributed by atoms with van der Waals surface area (Å²) in [5.41, 5.74) is -2.23. The van der Waals surface area contributed by atoms with Gasteiger partial charge >= 0.3 is 0 Å². The minimum atomic E-state index is -1.77. The maximum atomic E-state index is 11.2. The number of unbranched alkanes of at least 4 members (excludes halogenated alkanes) is 20. The van der Waals surface area contributed by atoms with E-state index in [0.717, 1.165) is 77.0 Å². The molecule has 24 heteroatoms. The molecule has 0 amide bonds. The van der Waals surface area contributed by atoms with Crippen LogP contribution in [0.15, 0.2) is 0 Å². The van der Waals surface area contributed by atoms with Gasteiger partial charge in [-0.15, -0.1) is 0 Å². The van der Waals surface area contributed by atoms with Crippen molar-refractivity contribution in [3.63, 3.8) is 0 Å². The lowest BCUT2D eigenvalue weighted by atomic mass is 9.74. The molecule has 4 saturated heterocycles. The average molecular weight is 1210 g/mol. The normalized spacial score (nSPS) is 35.8. The van der Waals surface area contributed by atoms with Crippen molar-refractivity contribution in [2.45, 2.75) is 310 Å². The van der Waals surface area contributed by atoms with E-state index >= 15 is 0 Å². The summed E-state index contributed by atoms with van der Waals surface area (Å²) < 4.78 is 48.6. The van der Waals surface area contributed by atoms with Crippen molar-refractivity contribution in [2.24, 2.45) is 10.8 Å². The maximum absolute atomic E-state index is 11.2. The molecular formula is C59H112O24. The van der Waals surface area contributed by atoms with E-state index in [2.05, 4.69) is 13.8 Å². The number of hydrogen-bond acceptors (Lipinski definition) is 24. The quantitative estimate of drug-likeness (QED) is 0.0375. The maximum Gasteiger partial charge on any atom is 0.186 e. The highest BCUT2D eigenvalue weighted by atomic mass is 16.7. The molecule has 24 nitrogen and oxygen atoms in total. The van der Waals surface area contributed by atoms with E-state index in [0.29, 0.717) is 25.7 Å². The molecule has 83 heavy (non-hydrogen) atoms. The Morgan fingerprint density at radius 2 is 0.446 bits per heavy atom. The molecule has 0 spiro atoms. The summed E-state index contributed by atoms with van der Waals surface area (Å²) in [5, 5.41) is 171. The molecule has 492 valence electrons. The Hall–Kier alpha value is -0.960. The first kappa shape index (κ1) is 74.5. The fraction of sp³-hybridized carbons (Fsp3) is 1.00. The van der Waals surface area contributed by atoms with Gasteiger partial charge in [0.1, 0.15) is 97.7 Å². The molecule has 0 aliphatic carbocycles. The molecule has 20 atom stereocenters. The average Bonchev–Trinajstić information content (AvgIpc) is 3.69. The van der Waals surface area contributed by atoms with Crippen LogP contribution < -0.4 is 0 Å². The van der Waals surface area contributed by atoms with Crippen molar-refractivity contribution >= 4 is 0 Å². The fourth-order valence-electron chi connectivity index (χ4n) is 11.9. The van der Waals surface area contributed by atoms with Gasteiger partial charge < -0.3 is 120 Å². The van der Waals surface area contributed by atoms with Crippen LogP contribution in [0.5, 0.6) is 0 Å². The molecule has 4 rings (SSSR count). The van der Waals surface area contributed by atoms with Crippen molar-refractivity contribution in [1.82, 2.24) is 0 Å². The first-order chi connectivity index (χ1) is 39.9. The minimum Gasteiger partial charge on any atom is -0.394 e. The molecule has 4 aliphatic heterocycles. The van der Waals surface area contributed by atoms with Crippen LogP contribution in [-0.4, -0.2) is 257 Å². The second-order valence-electron chi connectivity index (χ2n) is 24.5. The molecule has 0 aromatic heterocycles. The SMILES string of the molecule is CCCCCCCCCCCCCC(CCCC(CCCCCCCCCCCCC)(CO[C@@H]1OC(CO)[C@@H](O)[C@H](O)C1O)CO[C@@H]1OC(CO)[C@@H](O)[C@H](O)C1O)(CO[C@@H]1OC(CO)[C@@H](O)[C@H](O)C1O)CO[C@@H]1OC(CO)[C@@H](O)[C@H](O)C1O. The molecule has 8 unspecified atom stereocenters. The van der Waals surface area contributed by atoms with E-state index in [-0.39, 0.29) is 45.7 Å². The van der Waals surface area contributed by atoms with Crippen LogP contribution in [0.2, 0.25) is 0 Å². The van der Waals surface area contributed by atoms with Gasteiger partial charge in [-0.1, -0.05) is 162 Å². The molecule has 4 aliphatic rings. The number of aliphatic hydroxyl groups is 16. The lowest BCUT2D eigenvalue weighted by molar-refractivity contribution is -0.320. The zero-order valence-corrected chi connectivity index (χ0v) is 49.7. The highest BCUT2D eigenvalue weighted by Crippen LogP contribution is 2.41. The summed E-state index contributed by atoms with van der Waals surface area (Å²) in [6.07, 6.45) is -7.98. The Balaban J connectivity index is 1.73. The monoisotopic (exact) mass is 1200 g/mol. The van der Waals surface area contributed by atoms with Gasteiger partial charge in [0, 0.05) is 10.8 Å². The Kier molecular flexibility index (Phi) is 35.8. The molecule has 4 heterocycles. The molecule has 16 N–H and O–H groups in total. The zero-order chi connectivity index (χ0) is 61.0. The first-order valence-electron chi connectivity index (χ1n) is 31.6. The third-order valence-corrected chi connectivity index (χ3v) is 17.6. The lowest BCUT2D eigenvalue weighted by Crippen LogP contribution is -2.60. The van der Waals surface area contributed by atoms with E-state index in [1.165, 1.54) is 51.4 Å². The van der Waals surface area contributed by atoms with Crippen LogP contribution in [0.3, 0.4) is 0 Å². The van der Waals surface area contributed by atoms with Gasteiger partial charge in [-0.25, -0.2) is 0 Å². The Morgan fingerprint density at radius 1 is 0.253 bits per heavy atom. The molecule has 0 aromatic rings. The van der Waals surface area contributed by atoms with Gasteiger partial charge in [-0.05, 0) is 25.7 Å². The van der Waals surface area contributed by atoms with Crippen molar-refractivity contribution in [3.05, 3.63) is 0 Å². The second kappa shape index (κ2) is 39.9. The number of aliphatic hydroxyl groups excluding tert-OH is 16. The number of ether oxygens (including phenoxy) is 8. The summed E-state index contributed by atoms with van der Waals surface area (Å²) in [6, 6.07) is 0. The summed E-state index contributed by atoms with van der Waals surface area (Å²) in [4.78, 5) is 0. The molecule has 0 saturated carbocycles. The largest absolute Gasteiger partial charge is 0.394 e. The number of rotatable bonds is 44. The Bertz CT molecular complexity index is 1440. The molecular weight excluding hydrogens is 1090 g/mol. The van der Waals surface area contributed by atoms with Crippen LogP contribution in [-0.2, 0) is 37.9 Å². The van der Waals surface area contributed by atoms with Gasteiger partial charge in [0.25, 0.3) is 0 Å². The summed E-state index contributed by atoms with van der Waals surface area (Å²) in [6.45, 7) is 0.447. The van der Waals surface area contributed by atoms with Crippen LogP contribution >= 0.6 is 0 Å². The molecule has 0 aromatic carbocycles. The van der Waals surface area contributed by atoms with Crippen LogP contribution in [0.25, 0.3) is 0 Å². The van der Waals surface area contributed by atoms with E-state index in [1.54, 1.807) is 0 Å². The van der Waals surface area contributed by atoms with Gasteiger partial charge in [0.15, 0.2) is 25.2 Å². The molecule has 0 bridgehead atoms. The highest BCUT2D eigenvalue weighted by Gasteiger charge is 2.50. The van der Waals surface area contributed by atoms with Gasteiger partial charge in [-0.3, -0.25) is 0 Å². The molecule has 0 radical (unpaired) electrons. The van der Waals surface area contributed by atoms with Crippen molar-refractivity contribution in [2.75, 3.05) is 52.9 Å². The summed E-state index contributed by atoms with van der Waals surface area (Å²) in [5.74, 6) is 0. The topological polar surface area (TPSA) is 398 Å². The van der Waals surface area contributed by atoms with Crippen molar-refractivity contribution in [3.8, 4) is 0 Å². The van der Waals surface area contributed by atoms with Gasteiger partial charge in [0.2, 0.25) is 0 Å². The lowest BCUT2D eigenvalue weighted by Gasteiger charge is -2.44. The van der Waals surface area contributed by atoms with E-state index in [1.807, 2.05) is 0 Å². The predicted molar refractivity (Wildman–Crippen MR) is 300 cm³/mol. The third-order valence-electron chi connectivity index (χ3n) is 17.6. The van der Waals surface area contributed by atoms with Gasteiger partial charge in [-0.2, -0.15) is 0 Å². The van der Waals surface area contributed by atoms with Crippen LogP contribution in [0.1, 0.15) is 187 Å². The standard InChI is InChI=1S/C59H112O24/c1-3-5-7-9-11-13-15-17-19-21-23-26-58(34-76-54-50(72)46(68)42(64)38(30-60)80-54,35-77-55-51(73)47(69)43(65)39(31-61)81-55)28-25-29-59(27-24-22-20-18-16-14-12-10-8-6-4-2,36-78-56-52(74)48(70)44(66)40(32-62)82-56)37-79-57-53(75)49(71)45(67)41(33-63)83-57/h38-57,60-75H,3-37H2,1-2H3/t38?,39?,40?,41?,42-,43-,44-,45-,46+,47+,48+,49+,50?,51?,52?,53?,54-,55-,56-,57-,58?,59?/m1/s1. The van der Waals surface area contributed by atoms with Crippen LogP contribution in [0.4, 0.5) is 0 Å². The zero-order valence-electron chi connectivity index (χ0n) is 49.7. The number of hydrogen-bond donors (Lipinski definition) is 16. The van der Waals surface area contributed by atoms with Crippen molar-refractivity contribution in [1.29, 1.82) is 0 Å². The summed E-state index contributed by atoms with van der Waals surface area (Å²) >= 11 is 0. The first-order valence-corrected chi connectivity index (χ1v) is 31.6. The van der Waals surface area contributed by atoms with Gasteiger partial charge in [0.05, 0.1) is 52.9 Å². The second-order valence-corrected chi connectivity index (χ2v) is 24.5. The van der Waals surface area contributed by atoms with E-state index in [4.69, 9.17) is 37.9 Å².